The second kappa shape index (κ2) is 5.28. The van der Waals surface area contributed by atoms with Crippen LogP contribution in [0.3, 0.4) is 0 Å². The maximum atomic E-state index is 11.6. The Bertz CT molecular complexity index is 511. The van der Waals surface area contributed by atoms with Gasteiger partial charge in [-0.25, -0.2) is 8.42 Å². The summed E-state index contributed by atoms with van der Waals surface area (Å²) in [5.41, 5.74) is 1.63. The summed E-state index contributed by atoms with van der Waals surface area (Å²) in [4.78, 5) is 0. The molecule has 1 aliphatic heterocycles. The van der Waals surface area contributed by atoms with Crippen LogP contribution < -0.4 is 5.32 Å². The molecule has 5 heteroatoms. The molecule has 2 rings (SSSR count). The van der Waals surface area contributed by atoms with Crippen molar-refractivity contribution in [2.24, 2.45) is 0 Å². The van der Waals surface area contributed by atoms with Crippen LogP contribution >= 0.6 is 0 Å². The largest absolute Gasteiger partial charge is 0.389 e. The first-order valence-electron chi connectivity index (χ1n) is 6.22. The fourth-order valence-corrected chi connectivity index (χ4v) is 3.99. The predicted octanol–water partition coefficient (Wildman–Crippen LogP) is 1.73. The number of aliphatic hydroxyl groups excluding tert-OH is 1. The minimum atomic E-state index is -2.91. The Morgan fingerprint density at radius 3 is 2.78 bits per heavy atom. The average Bonchev–Trinajstić information content (AvgIpc) is 2.28. The molecule has 0 spiro atoms. The van der Waals surface area contributed by atoms with E-state index in [9.17, 15) is 13.5 Å². The molecule has 0 bridgehead atoms. The van der Waals surface area contributed by atoms with E-state index in [4.69, 9.17) is 0 Å². The molecule has 0 amide bonds. The summed E-state index contributed by atoms with van der Waals surface area (Å²) in [6.07, 6.45) is 0.999. The van der Waals surface area contributed by atoms with Crippen molar-refractivity contribution in [3.05, 3.63) is 29.8 Å². The summed E-state index contributed by atoms with van der Waals surface area (Å²) in [5.74, 6) is 0.477. The highest BCUT2D eigenvalue weighted by Crippen LogP contribution is 2.25. The zero-order valence-corrected chi connectivity index (χ0v) is 11.3. The van der Waals surface area contributed by atoms with Crippen LogP contribution in [0, 0.1) is 0 Å². The van der Waals surface area contributed by atoms with Crippen molar-refractivity contribution in [2.45, 2.75) is 31.9 Å². The number of hydrogen-bond acceptors (Lipinski definition) is 4. The molecule has 2 atom stereocenters. The van der Waals surface area contributed by atoms with Gasteiger partial charge >= 0.3 is 0 Å². The molecule has 1 aromatic carbocycles. The van der Waals surface area contributed by atoms with Crippen LogP contribution in [-0.4, -0.2) is 31.1 Å². The van der Waals surface area contributed by atoms with Crippen molar-refractivity contribution in [1.82, 2.24) is 0 Å². The molecule has 1 aliphatic rings. The van der Waals surface area contributed by atoms with E-state index in [-0.39, 0.29) is 11.8 Å². The molecule has 0 saturated carbocycles. The van der Waals surface area contributed by atoms with Gasteiger partial charge in [0.2, 0.25) is 0 Å². The van der Waals surface area contributed by atoms with E-state index in [0.29, 0.717) is 12.2 Å². The highest BCUT2D eigenvalue weighted by molar-refractivity contribution is 7.91. The molecule has 2 unspecified atom stereocenters. The zero-order chi connectivity index (χ0) is 13.2. The molecule has 4 nitrogen and oxygen atoms in total. The van der Waals surface area contributed by atoms with E-state index >= 15 is 0 Å². The lowest BCUT2D eigenvalue weighted by Gasteiger charge is -2.25. The molecular formula is C13H19NO3S. The number of benzene rings is 1. The quantitative estimate of drug-likeness (QED) is 0.877. The van der Waals surface area contributed by atoms with E-state index in [1.165, 1.54) is 0 Å². The molecule has 1 fully saturated rings. The lowest BCUT2D eigenvalue weighted by Crippen LogP contribution is -2.35. The minimum absolute atomic E-state index is 0.0522. The van der Waals surface area contributed by atoms with Crippen LogP contribution in [-0.2, 0) is 9.84 Å². The molecule has 100 valence electrons. The summed E-state index contributed by atoms with van der Waals surface area (Å²) in [6.45, 7) is 1.71. The van der Waals surface area contributed by atoms with Gasteiger partial charge in [-0.05, 0) is 25.8 Å². The fraction of sp³-hybridized carbons (Fsp3) is 0.538. The highest BCUT2D eigenvalue weighted by atomic mass is 32.2. The maximum Gasteiger partial charge on any atom is 0.152 e. The van der Waals surface area contributed by atoms with E-state index in [1.807, 2.05) is 24.3 Å². The van der Waals surface area contributed by atoms with Gasteiger partial charge in [0.05, 0.1) is 17.6 Å². The Hall–Kier alpha value is -1.07. The van der Waals surface area contributed by atoms with Crippen LogP contribution in [0.25, 0.3) is 0 Å². The fourth-order valence-electron chi connectivity index (χ4n) is 2.35. The Kier molecular flexibility index (Phi) is 3.92. The molecule has 0 aromatic heterocycles. The number of nitrogens with one attached hydrogen (secondary N) is 1. The maximum absolute atomic E-state index is 11.6. The molecule has 0 aliphatic carbocycles. The number of hydrogen-bond donors (Lipinski definition) is 2. The SMILES string of the molecule is CC(O)c1ccccc1NC1CCCS(=O)(=O)C1. The van der Waals surface area contributed by atoms with Crippen molar-refractivity contribution in [3.8, 4) is 0 Å². The van der Waals surface area contributed by atoms with Crippen molar-refractivity contribution < 1.29 is 13.5 Å². The van der Waals surface area contributed by atoms with E-state index in [0.717, 1.165) is 17.7 Å². The topological polar surface area (TPSA) is 66.4 Å². The van der Waals surface area contributed by atoms with Crippen LogP contribution in [0.5, 0.6) is 0 Å². The van der Waals surface area contributed by atoms with E-state index in [1.54, 1.807) is 6.92 Å². The predicted molar refractivity (Wildman–Crippen MR) is 72.4 cm³/mol. The first-order valence-corrected chi connectivity index (χ1v) is 8.04. The number of rotatable bonds is 3. The Morgan fingerprint density at radius 2 is 2.11 bits per heavy atom. The number of sulfone groups is 1. The third-order valence-electron chi connectivity index (χ3n) is 3.23. The van der Waals surface area contributed by atoms with Gasteiger partial charge in [0.25, 0.3) is 0 Å². The lowest BCUT2D eigenvalue weighted by atomic mass is 10.1. The van der Waals surface area contributed by atoms with Gasteiger partial charge < -0.3 is 10.4 Å². The second-order valence-electron chi connectivity index (χ2n) is 4.86. The summed E-state index contributed by atoms with van der Waals surface area (Å²) < 4.78 is 23.2. The summed E-state index contributed by atoms with van der Waals surface area (Å²) in [7, 11) is -2.91. The van der Waals surface area contributed by atoms with Gasteiger partial charge in [-0.3, -0.25) is 0 Å². The monoisotopic (exact) mass is 269 g/mol. The molecular weight excluding hydrogens is 250 g/mol. The first kappa shape index (κ1) is 13.4. The number of anilines is 1. The van der Waals surface area contributed by atoms with Gasteiger partial charge in [-0.1, -0.05) is 18.2 Å². The molecule has 2 N–H and O–H groups in total. The van der Waals surface area contributed by atoms with E-state index < -0.39 is 15.9 Å². The zero-order valence-electron chi connectivity index (χ0n) is 10.5. The van der Waals surface area contributed by atoms with Crippen molar-refractivity contribution in [3.63, 3.8) is 0 Å². The van der Waals surface area contributed by atoms with Gasteiger partial charge in [0, 0.05) is 17.3 Å². The van der Waals surface area contributed by atoms with Crippen LogP contribution in [0.1, 0.15) is 31.4 Å². The normalized spacial score (nSPS) is 24.4. The van der Waals surface area contributed by atoms with E-state index in [2.05, 4.69) is 5.32 Å². The second-order valence-corrected chi connectivity index (χ2v) is 7.09. The molecule has 0 radical (unpaired) electrons. The Labute approximate surface area is 108 Å². The average molecular weight is 269 g/mol. The lowest BCUT2D eigenvalue weighted by molar-refractivity contribution is 0.200. The third-order valence-corrected chi connectivity index (χ3v) is 5.05. The number of aliphatic hydroxyl groups is 1. The van der Waals surface area contributed by atoms with Gasteiger partial charge in [0.15, 0.2) is 9.84 Å². The molecule has 1 heterocycles. The van der Waals surface area contributed by atoms with Crippen molar-refractivity contribution in [2.75, 3.05) is 16.8 Å². The van der Waals surface area contributed by atoms with Crippen LogP contribution in [0.15, 0.2) is 24.3 Å². The third kappa shape index (κ3) is 3.23. The van der Waals surface area contributed by atoms with Crippen molar-refractivity contribution >= 4 is 15.5 Å². The Balaban J connectivity index is 2.14. The Morgan fingerprint density at radius 1 is 1.39 bits per heavy atom. The summed E-state index contributed by atoms with van der Waals surface area (Å²) in [5, 5.41) is 12.9. The van der Waals surface area contributed by atoms with Crippen LogP contribution in [0.4, 0.5) is 5.69 Å². The summed E-state index contributed by atoms with van der Waals surface area (Å²) >= 11 is 0. The van der Waals surface area contributed by atoms with Gasteiger partial charge in [-0.15, -0.1) is 0 Å². The van der Waals surface area contributed by atoms with Gasteiger partial charge in [-0.2, -0.15) is 0 Å². The molecule has 1 saturated heterocycles. The molecule has 18 heavy (non-hydrogen) atoms. The number of para-hydroxylation sites is 1. The standard InChI is InChI=1S/C13H19NO3S/c1-10(15)12-6-2-3-7-13(12)14-11-5-4-8-18(16,17)9-11/h2-3,6-7,10-11,14-15H,4-5,8-9H2,1H3. The highest BCUT2D eigenvalue weighted by Gasteiger charge is 2.25. The first-order chi connectivity index (χ1) is 8.48. The van der Waals surface area contributed by atoms with Crippen molar-refractivity contribution in [1.29, 1.82) is 0 Å². The summed E-state index contributed by atoms with van der Waals surface area (Å²) in [6, 6.07) is 7.42. The minimum Gasteiger partial charge on any atom is -0.389 e. The molecule has 1 aromatic rings. The van der Waals surface area contributed by atoms with Crippen LogP contribution in [0.2, 0.25) is 0 Å². The smallest absolute Gasteiger partial charge is 0.152 e. The van der Waals surface area contributed by atoms with Gasteiger partial charge in [0.1, 0.15) is 0 Å².